The van der Waals surface area contributed by atoms with Crippen LogP contribution in [-0.4, -0.2) is 27.3 Å². The molecule has 29 heavy (non-hydrogen) atoms. The van der Waals surface area contributed by atoms with Gasteiger partial charge in [0.15, 0.2) is 11.4 Å². The number of aliphatic hydroxyl groups is 1. The first-order valence-corrected chi connectivity index (χ1v) is 8.57. The molecule has 0 saturated heterocycles. The Kier molecular flexibility index (Phi) is 5.66. The zero-order valence-electron chi connectivity index (χ0n) is 15.1. The summed E-state index contributed by atoms with van der Waals surface area (Å²) < 4.78 is 0. The SMILES string of the molecule is O=C(NN=Cc1ccc(O)c([N+](=O)[O-])c1)C(O)(c1ccccc1)c1ccccc1. The molecule has 3 aromatic rings. The van der Waals surface area contributed by atoms with Crippen LogP contribution < -0.4 is 5.43 Å². The number of rotatable bonds is 6. The molecular formula is C21H17N3O5. The van der Waals surface area contributed by atoms with Crippen molar-refractivity contribution in [2.75, 3.05) is 0 Å². The number of nitro groups is 1. The number of nitrogens with one attached hydrogen (secondary N) is 1. The number of phenols is 1. The highest BCUT2D eigenvalue weighted by molar-refractivity contribution is 5.91. The fraction of sp³-hybridized carbons (Fsp3) is 0.0476. The molecule has 8 nitrogen and oxygen atoms in total. The van der Waals surface area contributed by atoms with Gasteiger partial charge in [0.1, 0.15) is 0 Å². The minimum absolute atomic E-state index is 0.290. The monoisotopic (exact) mass is 391 g/mol. The van der Waals surface area contributed by atoms with Gasteiger partial charge in [-0.15, -0.1) is 0 Å². The number of hydrogen-bond donors (Lipinski definition) is 3. The number of amides is 1. The predicted octanol–water partition coefficient (Wildman–Crippen LogP) is 2.69. The van der Waals surface area contributed by atoms with Gasteiger partial charge in [-0.1, -0.05) is 60.7 Å². The second kappa shape index (κ2) is 8.32. The van der Waals surface area contributed by atoms with Gasteiger partial charge in [0.25, 0.3) is 5.91 Å². The number of carbonyl (C=O) groups is 1. The minimum atomic E-state index is -1.99. The van der Waals surface area contributed by atoms with E-state index in [4.69, 9.17) is 0 Å². The Morgan fingerprint density at radius 1 is 1.00 bits per heavy atom. The lowest BCUT2D eigenvalue weighted by molar-refractivity contribution is -0.385. The lowest BCUT2D eigenvalue weighted by Crippen LogP contribution is -2.43. The van der Waals surface area contributed by atoms with Gasteiger partial charge in [0.2, 0.25) is 0 Å². The van der Waals surface area contributed by atoms with E-state index in [-0.39, 0.29) is 5.56 Å². The number of benzene rings is 3. The van der Waals surface area contributed by atoms with Crippen LogP contribution in [-0.2, 0) is 10.4 Å². The molecule has 0 radical (unpaired) electrons. The van der Waals surface area contributed by atoms with Crippen molar-refractivity contribution < 1.29 is 19.9 Å². The van der Waals surface area contributed by atoms with E-state index in [1.807, 2.05) is 0 Å². The number of nitrogens with zero attached hydrogens (tertiary/aromatic N) is 2. The van der Waals surface area contributed by atoms with Gasteiger partial charge in [0.05, 0.1) is 11.1 Å². The molecule has 0 unspecified atom stereocenters. The summed E-state index contributed by atoms with van der Waals surface area (Å²) in [5, 5.41) is 35.5. The van der Waals surface area contributed by atoms with Crippen LogP contribution in [0, 0.1) is 10.1 Å². The van der Waals surface area contributed by atoms with E-state index in [1.165, 1.54) is 12.3 Å². The minimum Gasteiger partial charge on any atom is -0.502 e. The largest absolute Gasteiger partial charge is 0.502 e. The zero-order valence-corrected chi connectivity index (χ0v) is 15.1. The maximum Gasteiger partial charge on any atom is 0.311 e. The third kappa shape index (κ3) is 4.12. The number of hydrogen-bond acceptors (Lipinski definition) is 6. The normalized spacial score (nSPS) is 11.3. The van der Waals surface area contributed by atoms with Gasteiger partial charge in [0, 0.05) is 11.6 Å². The van der Waals surface area contributed by atoms with Gasteiger partial charge < -0.3 is 10.2 Å². The molecule has 0 bridgehead atoms. The van der Waals surface area contributed by atoms with E-state index in [2.05, 4.69) is 10.5 Å². The first kappa shape index (κ1) is 19.7. The van der Waals surface area contributed by atoms with Gasteiger partial charge in [-0.25, -0.2) is 5.43 Å². The van der Waals surface area contributed by atoms with Crippen molar-refractivity contribution in [3.63, 3.8) is 0 Å². The molecule has 0 saturated carbocycles. The summed E-state index contributed by atoms with van der Waals surface area (Å²) in [4.78, 5) is 23.0. The molecule has 0 aromatic heterocycles. The average molecular weight is 391 g/mol. The Labute approximate surface area is 165 Å². The summed E-state index contributed by atoms with van der Waals surface area (Å²) in [6, 6.07) is 20.5. The maximum atomic E-state index is 12.9. The molecule has 8 heteroatoms. The molecule has 0 aliphatic heterocycles. The van der Waals surface area contributed by atoms with Crippen molar-refractivity contribution in [1.82, 2.24) is 5.43 Å². The summed E-state index contributed by atoms with van der Waals surface area (Å²) >= 11 is 0. The van der Waals surface area contributed by atoms with Crippen LogP contribution >= 0.6 is 0 Å². The number of carbonyl (C=O) groups excluding carboxylic acids is 1. The molecule has 0 aliphatic carbocycles. The Bertz CT molecular complexity index is 1010. The van der Waals surface area contributed by atoms with Crippen molar-refractivity contribution in [3.05, 3.63) is 106 Å². The summed E-state index contributed by atoms with van der Waals surface area (Å²) in [6.07, 6.45) is 1.18. The highest BCUT2D eigenvalue weighted by atomic mass is 16.6. The Hall–Kier alpha value is -4.04. The Morgan fingerprint density at radius 2 is 1.55 bits per heavy atom. The van der Waals surface area contributed by atoms with Crippen LogP contribution in [0.5, 0.6) is 5.75 Å². The van der Waals surface area contributed by atoms with Crippen LogP contribution in [0.15, 0.2) is 84.0 Å². The highest BCUT2D eigenvalue weighted by Crippen LogP contribution is 2.30. The van der Waals surface area contributed by atoms with Crippen molar-refractivity contribution in [2.45, 2.75) is 5.60 Å². The van der Waals surface area contributed by atoms with E-state index in [1.54, 1.807) is 60.7 Å². The van der Waals surface area contributed by atoms with Crippen LogP contribution in [0.3, 0.4) is 0 Å². The van der Waals surface area contributed by atoms with Crippen molar-refractivity contribution in [3.8, 4) is 5.75 Å². The molecule has 0 atom stereocenters. The van der Waals surface area contributed by atoms with Crippen LogP contribution in [0.2, 0.25) is 0 Å². The number of aromatic hydroxyl groups is 1. The number of nitro benzene ring substituents is 1. The first-order valence-electron chi connectivity index (χ1n) is 8.57. The first-order chi connectivity index (χ1) is 13.9. The van der Waals surface area contributed by atoms with Crippen LogP contribution in [0.1, 0.15) is 16.7 Å². The molecule has 3 aromatic carbocycles. The standard InChI is InChI=1S/C21H17N3O5/c25-19-12-11-15(13-18(19)24(28)29)14-22-23-20(26)21(27,16-7-3-1-4-8-16)17-9-5-2-6-10-17/h1-14,25,27H,(H,23,26). The summed E-state index contributed by atoms with van der Waals surface area (Å²) in [5.41, 5.74) is 0.824. The third-order valence-electron chi connectivity index (χ3n) is 4.29. The van der Waals surface area contributed by atoms with E-state index >= 15 is 0 Å². The molecule has 0 spiro atoms. The van der Waals surface area contributed by atoms with Crippen molar-refractivity contribution >= 4 is 17.8 Å². The average Bonchev–Trinajstić information content (AvgIpc) is 2.75. The van der Waals surface area contributed by atoms with Crippen molar-refractivity contribution in [1.29, 1.82) is 0 Å². The van der Waals surface area contributed by atoms with E-state index in [9.17, 15) is 25.1 Å². The smallest absolute Gasteiger partial charge is 0.311 e. The lowest BCUT2D eigenvalue weighted by atomic mass is 9.85. The molecule has 3 rings (SSSR count). The second-order valence-corrected chi connectivity index (χ2v) is 6.15. The number of phenolic OH excluding ortho intramolecular Hbond substituents is 1. The van der Waals surface area contributed by atoms with E-state index < -0.39 is 27.9 Å². The fourth-order valence-electron chi connectivity index (χ4n) is 2.80. The van der Waals surface area contributed by atoms with Crippen LogP contribution in [0.25, 0.3) is 0 Å². The molecular weight excluding hydrogens is 374 g/mol. The topological polar surface area (TPSA) is 125 Å². The summed E-state index contributed by atoms with van der Waals surface area (Å²) in [5.74, 6) is -1.27. The quantitative estimate of drug-likeness (QED) is 0.338. The van der Waals surface area contributed by atoms with E-state index in [0.717, 1.165) is 12.1 Å². The molecule has 0 heterocycles. The molecule has 0 fully saturated rings. The lowest BCUT2D eigenvalue weighted by Gasteiger charge is -2.27. The molecule has 146 valence electrons. The molecule has 0 aliphatic rings. The highest BCUT2D eigenvalue weighted by Gasteiger charge is 2.39. The van der Waals surface area contributed by atoms with Gasteiger partial charge >= 0.3 is 5.69 Å². The Morgan fingerprint density at radius 3 is 2.07 bits per heavy atom. The van der Waals surface area contributed by atoms with Crippen LogP contribution in [0.4, 0.5) is 5.69 Å². The number of hydrazone groups is 1. The molecule has 1 amide bonds. The zero-order chi connectivity index (χ0) is 20.9. The van der Waals surface area contributed by atoms with Gasteiger partial charge in [-0.2, -0.15) is 5.10 Å². The third-order valence-corrected chi connectivity index (χ3v) is 4.29. The second-order valence-electron chi connectivity index (χ2n) is 6.15. The summed E-state index contributed by atoms with van der Waals surface area (Å²) in [7, 11) is 0. The fourth-order valence-corrected chi connectivity index (χ4v) is 2.80. The summed E-state index contributed by atoms with van der Waals surface area (Å²) in [6.45, 7) is 0. The van der Waals surface area contributed by atoms with E-state index in [0.29, 0.717) is 11.1 Å². The Balaban J connectivity index is 1.88. The maximum absolute atomic E-state index is 12.9. The van der Waals surface area contributed by atoms with Gasteiger partial charge in [-0.05, 0) is 23.3 Å². The van der Waals surface area contributed by atoms with Crippen molar-refractivity contribution in [2.24, 2.45) is 5.10 Å². The van der Waals surface area contributed by atoms with Gasteiger partial charge in [-0.3, -0.25) is 14.9 Å². The predicted molar refractivity (Wildman–Crippen MR) is 106 cm³/mol. The molecule has 3 N–H and O–H groups in total.